The predicted octanol–water partition coefficient (Wildman–Crippen LogP) is 31.6. The van der Waals surface area contributed by atoms with Gasteiger partial charge in [0, 0.05) is 93.2 Å². The van der Waals surface area contributed by atoms with Gasteiger partial charge in [0.2, 0.25) is 0 Å². The van der Waals surface area contributed by atoms with Gasteiger partial charge in [0.15, 0.2) is 0 Å². The summed E-state index contributed by atoms with van der Waals surface area (Å²) in [7, 11) is 0. The summed E-state index contributed by atoms with van der Waals surface area (Å²) in [4.78, 5) is 13.2. The van der Waals surface area contributed by atoms with Gasteiger partial charge in [0.1, 0.15) is 0 Å². The molecule has 6 heterocycles. The van der Waals surface area contributed by atoms with Gasteiger partial charge in [-0.3, -0.25) is 0 Å². The highest BCUT2D eigenvalue weighted by Crippen LogP contribution is 2.57. The summed E-state index contributed by atoms with van der Waals surface area (Å²) in [6, 6.07) is 165. The van der Waals surface area contributed by atoms with Gasteiger partial charge < -0.3 is 38.3 Å². The number of nitrogens with one attached hydrogen (secondary N) is 1. The fourth-order valence-electron chi connectivity index (χ4n) is 18.5. The second kappa shape index (κ2) is 30.7. The molecule has 0 saturated carbocycles. The Morgan fingerprint density at radius 1 is 0.182 bits per heavy atom. The zero-order valence-electron chi connectivity index (χ0n) is 65.9. The largest absolute Gasteiger partial charge is 0.353 e. The molecule has 24 rings (SSSR count). The van der Waals surface area contributed by atoms with Crippen molar-refractivity contribution in [1.29, 1.82) is 0 Å². The van der Waals surface area contributed by atoms with Crippen LogP contribution < -0.4 is 19.6 Å². The number of aromatic nitrogens is 4. The van der Waals surface area contributed by atoms with Crippen molar-refractivity contribution in [3.05, 3.63) is 466 Å². The topological polar surface area (TPSA) is 43.5 Å². The van der Waals surface area contributed by atoms with Crippen molar-refractivity contribution in [2.75, 3.05) is 19.6 Å². The molecule has 572 valence electrons. The Bertz CT molecular complexity index is 7470. The monoisotopic (exact) mass is 1610 g/mol. The average molecular weight is 1610 g/mol. The summed E-state index contributed by atoms with van der Waals surface area (Å²) in [5, 5.41) is 7.40. The fraction of sp³-hybridized carbons (Fsp3) is 0. The van der Waals surface area contributed by atoms with Crippen molar-refractivity contribution in [2.24, 2.45) is 0 Å². The lowest BCUT2D eigenvalue weighted by molar-refractivity contribution is 1.12. The van der Waals surface area contributed by atoms with Gasteiger partial charge in [0.25, 0.3) is 0 Å². The third-order valence-corrected chi connectivity index (χ3v) is 24.1. The lowest BCUT2D eigenvalue weighted by atomic mass is 9.98. The summed E-state index contributed by atoms with van der Waals surface area (Å²) < 4.78 is 8.49. The number of hydrogen-bond acceptors (Lipinski definition) is 4. The first kappa shape index (κ1) is 71.8. The third kappa shape index (κ3) is 12.4. The summed E-state index contributed by atoms with van der Waals surface area (Å²) in [5.41, 5.74) is 33.8. The molecular formula is C112H77BrN8. The molecule has 0 fully saturated rings. The van der Waals surface area contributed by atoms with E-state index in [0.29, 0.717) is 0 Å². The number of nitrogens with zero attached hydrogens (tertiary/aromatic N) is 7. The molecule has 2 aliphatic rings. The molecule has 0 spiro atoms. The number of fused-ring (bicyclic) bond motifs is 14. The van der Waals surface area contributed by atoms with Crippen LogP contribution in [0.1, 0.15) is 0 Å². The predicted molar refractivity (Wildman–Crippen MR) is 512 cm³/mol. The van der Waals surface area contributed by atoms with E-state index in [9.17, 15) is 0 Å². The minimum absolute atomic E-state index is 1.08. The zero-order valence-corrected chi connectivity index (χ0v) is 67.5. The number of aromatic amines is 1. The second-order valence-corrected chi connectivity index (χ2v) is 31.4. The van der Waals surface area contributed by atoms with E-state index >= 15 is 0 Å². The van der Waals surface area contributed by atoms with Crippen LogP contribution in [0.15, 0.2) is 466 Å². The minimum Gasteiger partial charge on any atom is -0.353 e. The first-order valence-electron chi connectivity index (χ1n) is 41.1. The van der Waals surface area contributed by atoms with Gasteiger partial charge in [0.05, 0.1) is 84.5 Å². The molecule has 1 N–H and O–H groups in total. The highest BCUT2D eigenvalue weighted by molar-refractivity contribution is 9.10. The molecule has 0 aliphatic carbocycles. The van der Waals surface area contributed by atoms with Crippen LogP contribution in [0.3, 0.4) is 0 Å². The molecule has 18 aromatic carbocycles. The van der Waals surface area contributed by atoms with Crippen molar-refractivity contribution >= 4 is 150 Å². The molecule has 0 amide bonds. The van der Waals surface area contributed by atoms with Crippen molar-refractivity contribution in [3.63, 3.8) is 0 Å². The highest BCUT2D eigenvalue weighted by atomic mass is 79.9. The lowest BCUT2D eigenvalue weighted by Crippen LogP contribution is -2.23. The van der Waals surface area contributed by atoms with Crippen LogP contribution in [-0.2, 0) is 0 Å². The molecule has 0 radical (unpaired) electrons. The van der Waals surface area contributed by atoms with E-state index in [-0.39, 0.29) is 0 Å². The van der Waals surface area contributed by atoms with Gasteiger partial charge in [-0.25, -0.2) is 0 Å². The number of para-hydroxylation sites is 14. The Hall–Kier alpha value is -15.7. The summed E-state index contributed by atoms with van der Waals surface area (Å²) in [5.74, 6) is 0. The third-order valence-electron chi connectivity index (χ3n) is 23.6. The lowest BCUT2D eigenvalue weighted by Gasteiger charge is -2.40. The number of anilines is 12. The molecule has 8 nitrogen and oxygen atoms in total. The summed E-state index contributed by atoms with van der Waals surface area (Å²) in [6.07, 6.45) is 0. The van der Waals surface area contributed by atoms with E-state index in [1.807, 2.05) is 0 Å². The highest BCUT2D eigenvalue weighted by Gasteiger charge is 2.34. The van der Waals surface area contributed by atoms with Gasteiger partial charge in [-0.05, 0) is 180 Å². The summed E-state index contributed by atoms with van der Waals surface area (Å²) >= 11 is 3.55. The number of halogens is 1. The smallest absolute Gasteiger partial charge is 0.0789 e. The maximum absolute atomic E-state index is 3.75. The number of H-pyrrole nitrogens is 1. The second-order valence-electron chi connectivity index (χ2n) is 30.5. The number of benzene rings is 18. The van der Waals surface area contributed by atoms with Gasteiger partial charge in [-0.2, -0.15) is 0 Å². The molecule has 4 aromatic heterocycles. The van der Waals surface area contributed by atoms with Gasteiger partial charge >= 0.3 is 0 Å². The standard InChI is InChI=1S/C56H38N4.C32H22N2.C24H17BrN2/c1-5-19-39(20-6-1)53-47-38-37-46-45-27-13-14-28-48(45)59(55(46)56(47)60(42-25-11-4-12-26-42)54(53)40-21-7-2-8-22-40)44-35-33-43(34-36-44)58-51-31-17-15-29-49(51)57(41-23-9-3-10-24-41)50-30-16-18-32-52(50)58;1-4-12-22(13-5-1)29-27-21-20-26-25-18-10-11-19-28(25)33-30(26)32(27)34(24-16-8-3-9-17-24)31(29)23-14-6-2-7-15-23;25-18-14-16-20(17-15-18)27-23-12-6-4-10-21(23)26(19-8-2-1-3-9-19)22-11-5-7-13-24(22)27/h1-38H;1-21,33H;1-17H. The van der Waals surface area contributed by atoms with E-state index in [2.05, 4.69) is 515 Å². The van der Waals surface area contributed by atoms with Crippen LogP contribution in [-0.4, -0.2) is 18.7 Å². The fourth-order valence-corrected chi connectivity index (χ4v) is 18.7. The normalized spacial score (nSPS) is 12.1. The Kier molecular flexibility index (Phi) is 18.3. The molecule has 22 aromatic rings. The van der Waals surface area contributed by atoms with E-state index < -0.39 is 0 Å². The van der Waals surface area contributed by atoms with Crippen LogP contribution in [0, 0.1) is 0 Å². The molecule has 0 bridgehead atoms. The number of rotatable bonds is 11. The minimum atomic E-state index is 1.08. The van der Waals surface area contributed by atoms with E-state index in [0.717, 1.165) is 72.6 Å². The van der Waals surface area contributed by atoms with E-state index in [1.165, 1.54) is 127 Å². The van der Waals surface area contributed by atoms with E-state index in [4.69, 9.17) is 0 Å². The summed E-state index contributed by atoms with van der Waals surface area (Å²) in [6.45, 7) is 0. The Morgan fingerprint density at radius 2 is 0.455 bits per heavy atom. The Morgan fingerprint density at radius 3 is 0.868 bits per heavy atom. The van der Waals surface area contributed by atoms with Crippen LogP contribution in [0.5, 0.6) is 0 Å². The van der Waals surface area contributed by atoms with Crippen LogP contribution in [0.2, 0.25) is 0 Å². The SMILES string of the molecule is Brc1ccc(N2c3ccccc3N(c3ccccc3)c3ccccc32)cc1.c1ccc(-c2c(-c3ccccc3)n(-c3ccccc3)c3c2ccc2c4ccccc4[nH]c23)cc1.c1ccc(-c2c(-c3ccccc3)n(-c3ccccc3)c3c2ccc2c4ccccc4n(-c4ccc(N5c6ccccc6N(c6ccccc6)c6ccccc65)cc4)c23)cc1. The van der Waals surface area contributed by atoms with Crippen LogP contribution >= 0.6 is 15.9 Å². The maximum Gasteiger partial charge on any atom is 0.0789 e. The van der Waals surface area contributed by atoms with Crippen molar-refractivity contribution in [1.82, 2.24) is 18.7 Å². The molecular weight excluding hydrogens is 1540 g/mol. The number of hydrogen-bond donors (Lipinski definition) is 1. The molecule has 0 atom stereocenters. The Labute approximate surface area is 710 Å². The van der Waals surface area contributed by atoms with Gasteiger partial charge in [-0.1, -0.05) is 319 Å². The molecule has 0 saturated heterocycles. The molecule has 121 heavy (non-hydrogen) atoms. The average Bonchev–Trinajstić information content (AvgIpc) is 1.55. The maximum atomic E-state index is 3.75. The Balaban J connectivity index is 0.000000121. The van der Waals surface area contributed by atoms with Crippen molar-refractivity contribution in [2.45, 2.75) is 0 Å². The van der Waals surface area contributed by atoms with Crippen LogP contribution in [0.25, 0.3) is 127 Å². The molecule has 9 heteroatoms. The van der Waals surface area contributed by atoms with Crippen LogP contribution in [0.4, 0.5) is 68.2 Å². The molecule has 2 aliphatic heterocycles. The first-order chi connectivity index (χ1) is 60.1. The molecule has 0 unspecified atom stereocenters. The zero-order chi connectivity index (χ0) is 80.3. The van der Waals surface area contributed by atoms with E-state index in [1.54, 1.807) is 0 Å². The van der Waals surface area contributed by atoms with Crippen molar-refractivity contribution in [3.8, 4) is 61.8 Å². The first-order valence-corrected chi connectivity index (χ1v) is 41.9. The van der Waals surface area contributed by atoms with Gasteiger partial charge in [-0.15, -0.1) is 0 Å². The van der Waals surface area contributed by atoms with Crippen molar-refractivity contribution < 1.29 is 0 Å². The quantitative estimate of drug-likeness (QED) is 0.140.